The van der Waals surface area contributed by atoms with Crippen LogP contribution in [0.15, 0.2) is 94.4 Å². The second kappa shape index (κ2) is 9.82. The smallest absolute Gasteiger partial charge is 0.197 e. The summed E-state index contributed by atoms with van der Waals surface area (Å²) < 4.78 is 6.10. The average molecular weight is 429 g/mol. The number of aromatic nitrogens is 4. The van der Waals surface area contributed by atoms with Crippen molar-refractivity contribution in [3.05, 3.63) is 85.1 Å². The summed E-state index contributed by atoms with van der Waals surface area (Å²) in [6, 6.07) is 17.0. The number of hydrogen-bond donors (Lipinski definition) is 1. The summed E-state index contributed by atoms with van der Waals surface area (Å²) in [5.74, 6) is 2.38. The van der Waals surface area contributed by atoms with Crippen LogP contribution in [0.5, 0.6) is 11.5 Å². The molecule has 0 saturated carbocycles. The highest BCUT2D eigenvalue weighted by molar-refractivity contribution is 7.99. The number of amidine groups is 1. The van der Waals surface area contributed by atoms with Crippen molar-refractivity contribution in [2.45, 2.75) is 23.9 Å². The number of nitrogens with zero attached hydrogens (tertiary/aromatic N) is 5. The Bertz CT molecular complexity index is 1190. The van der Waals surface area contributed by atoms with E-state index >= 15 is 0 Å². The molecule has 0 spiro atoms. The van der Waals surface area contributed by atoms with Crippen LogP contribution >= 0.6 is 11.8 Å². The van der Waals surface area contributed by atoms with Crippen molar-refractivity contribution < 1.29 is 4.74 Å². The minimum Gasteiger partial charge on any atom is -0.453 e. The molecule has 154 valence electrons. The molecule has 7 nitrogen and oxygen atoms in total. The molecule has 0 aliphatic heterocycles. The fraction of sp³-hybridized carbons (Fsp3) is 0.0870. The summed E-state index contributed by atoms with van der Waals surface area (Å²) in [6.07, 6.45) is 6.91. The number of hydrogen-bond acceptors (Lipinski definition) is 7. The highest BCUT2D eigenvalue weighted by Crippen LogP contribution is 2.35. The molecule has 3 heterocycles. The van der Waals surface area contributed by atoms with Crippen molar-refractivity contribution >= 4 is 29.1 Å². The van der Waals surface area contributed by atoms with E-state index < -0.39 is 0 Å². The van der Waals surface area contributed by atoms with Gasteiger partial charge in [-0.1, -0.05) is 18.2 Å². The highest BCUT2D eigenvalue weighted by atomic mass is 32.2. The number of nitrogens with one attached hydrogen (secondary N) is 1. The summed E-state index contributed by atoms with van der Waals surface area (Å²) in [7, 11) is 0. The second-order valence-corrected chi connectivity index (χ2v) is 7.54. The summed E-state index contributed by atoms with van der Waals surface area (Å²) in [4.78, 5) is 22.8. The van der Waals surface area contributed by atoms with Crippen LogP contribution in [0.4, 0.5) is 11.5 Å². The van der Waals surface area contributed by atoms with Crippen LogP contribution in [-0.4, -0.2) is 25.8 Å². The van der Waals surface area contributed by atoms with E-state index in [2.05, 4.69) is 30.2 Å². The molecule has 0 radical (unpaired) electrons. The number of para-hydroxylation sites is 1. The van der Waals surface area contributed by atoms with E-state index in [0.29, 0.717) is 28.3 Å². The molecule has 8 heteroatoms. The molecule has 0 aliphatic carbocycles. The Morgan fingerprint density at radius 1 is 0.935 bits per heavy atom. The second-order valence-electron chi connectivity index (χ2n) is 6.50. The van der Waals surface area contributed by atoms with Crippen molar-refractivity contribution in [2.24, 2.45) is 4.99 Å². The zero-order valence-electron chi connectivity index (χ0n) is 17.1. The van der Waals surface area contributed by atoms with E-state index in [1.807, 2.05) is 62.4 Å². The molecule has 1 aromatic carbocycles. The van der Waals surface area contributed by atoms with Crippen molar-refractivity contribution in [1.29, 1.82) is 0 Å². The Morgan fingerprint density at radius 2 is 1.71 bits per heavy atom. The maximum Gasteiger partial charge on any atom is 0.197 e. The van der Waals surface area contributed by atoms with E-state index in [1.54, 1.807) is 30.9 Å². The number of aryl methyl sites for hydroxylation is 1. The van der Waals surface area contributed by atoms with Crippen LogP contribution in [0.1, 0.15) is 12.6 Å². The maximum atomic E-state index is 6.10. The van der Waals surface area contributed by atoms with Gasteiger partial charge in [0.05, 0.1) is 11.4 Å². The molecule has 1 N–H and O–H groups in total. The lowest BCUT2D eigenvalue weighted by atomic mass is 10.3. The van der Waals surface area contributed by atoms with Crippen LogP contribution in [0, 0.1) is 6.92 Å². The number of anilines is 1. The van der Waals surface area contributed by atoms with E-state index in [0.717, 1.165) is 16.3 Å². The quantitative estimate of drug-likeness (QED) is 0.240. The molecular formula is C23H20N6OS. The van der Waals surface area contributed by atoms with Crippen LogP contribution in [0.2, 0.25) is 0 Å². The van der Waals surface area contributed by atoms with Gasteiger partial charge in [0.25, 0.3) is 0 Å². The minimum absolute atomic E-state index is 0.466. The lowest BCUT2D eigenvalue weighted by Crippen LogP contribution is -2.08. The molecule has 0 unspecified atom stereocenters. The summed E-state index contributed by atoms with van der Waals surface area (Å²) in [5, 5.41) is 3.91. The van der Waals surface area contributed by atoms with Gasteiger partial charge in [0.2, 0.25) is 0 Å². The molecule has 0 saturated heterocycles. The van der Waals surface area contributed by atoms with Crippen LogP contribution in [0.25, 0.3) is 0 Å². The van der Waals surface area contributed by atoms with Gasteiger partial charge in [-0.05, 0) is 55.9 Å². The van der Waals surface area contributed by atoms with Gasteiger partial charge in [-0.25, -0.2) is 19.9 Å². The van der Waals surface area contributed by atoms with E-state index in [4.69, 9.17) is 4.74 Å². The zero-order chi connectivity index (χ0) is 21.5. The first kappa shape index (κ1) is 20.5. The first-order valence-electron chi connectivity index (χ1n) is 9.59. The average Bonchev–Trinajstić information content (AvgIpc) is 2.78. The Balaban J connectivity index is 1.64. The Hall–Kier alpha value is -3.78. The minimum atomic E-state index is 0.466. The molecule has 0 bridgehead atoms. The predicted molar refractivity (Wildman–Crippen MR) is 122 cm³/mol. The standard InChI is InChI=1S/C23H20N6OS/c1-16-20(10-6-11-24-16)28-17(2)29-22-21(30-18-8-4-3-5-9-18)14-19(15-27-22)31-23-25-12-7-13-26-23/h3-15H,1-2H3,(H,27,28,29). The molecular weight excluding hydrogens is 408 g/mol. The Labute approximate surface area is 184 Å². The topological polar surface area (TPSA) is 85.2 Å². The van der Waals surface area contributed by atoms with Gasteiger partial charge in [-0.2, -0.15) is 0 Å². The fourth-order valence-corrected chi connectivity index (χ4v) is 3.40. The number of aliphatic imine (C=N–C) groups is 1. The third-order valence-corrected chi connectivity index (χ3v) is 4.98. The Kier molecular flexibility index (Phi) is 6.49. The lowest BCUT2D eigenvalue weighted by molar-refractivity contribution is 0.480. The number of rotatable bonds is 6. The molecule has 0 atom stereocenters. The number of pyridine rings is 2. The molecule has 0 aliphatic rings. The van der Waals surface area contributed by atoms with Crippen molar-refractivity contribution in [3.63, 3.8) is 0 Å². The van der Waals surface area contributed by atoms with Gasteiger partial charge in [0, 0.05) is 35.7 Å². The van der Waals surface area contributed by atoms with Gasteiger partial charge in [0.1, 0.15) is 11.6 Å². The summed E-state index contributed by atoms with van der Waals surface area (Å²) in [6.45, 7) is 3.82. The molecule has 31 heavy (non-hydrogen) atoms. The fourth-order valence-electron chi connectivity index (χ4n) is 2.69. The number of benzene rings is 1. The zero-order valence-corrected chi connectivity index (χ0v) is 17.9. The molecule has 0 fully saturated rings. The van der Waals surface area contributed by atoms with Crippen molar-refractivity contribution in [1.82, 2.24) is 19.9 Å². The van der Waals surface area contributed by atoms with Gasteiger partial charge in [-0.3, -0.25) is 4.98 Å². The lowest BCUT2D eigenvalue weighted by Gasteiger charge is -2.11. The molecule has 4 aromatic rings. The molecule has 3 aromatic heterocycles. The van der Waals surface area contributed by atoms with Gasteiger partial charge in [-0.15, -0.1) is 0 Å². The van der Waals surface area contributed by atoms with Crippen LogP contribution in [0.3, 0.4) is 0 Å². The van der Waals surface area contributed by atoms with E-state index in [1.165, 1.54) is 11.8 Å². The molecule has 0 amide bonds. The summed E-state index contributed by atoms with van der Waals surface area (Å²) >= 11 is 1.41. The largest absolute Gasteiger partial charge is 0.453 e. The third-order valence-electron chi connectivity index (χ3n) is 4.13. The maximum absolute atomic E-state index is 6.10. The van der Waals surface area contributed by atoms with Gasteiger partial charge < -0.3 is 10.1 Å². The van der Waals surface area contributed by atoms with E-state index in [9.17, 15) is 0 Å². The first-order chi connectivity index (χ1) is 15.2. The van der Waals surface area contributed by atoms with Crippen LogP contribution in [-0.2, 0) is 0 Å². The first-order valence-corrected chi connectivity index (χ1v) is 10.4. The van der Waals surface area contributed by atoms with E-state index in [-0.39, 0.29) is 0 Å². The van der Waals surface area contributed by atoms with Crippen LogP contribution < -0.4 is 10.1 Å². The number of ether oxygens (including phenoxy) is 1. The van der Waals surface area contributed by atoms with Crippen molar-refractivity contribution in [3.8, 4) is 11.5 Å². The highest BCUT2D eigenvalue weighted by Gasteiger charge is 2.11. The van der Waals surface area contributed by atoms with Gasteiger partial charge in [0.15, 0.2) is 16.7 Å². The SMILES string of the molecule is C/C(=N\c1ncc(Sc2ncccn2)cc1Oc1ccccc1)Nc1cccnc1C. The monoisotopic (exact) mass is 428 g/mol. The molecule has 4 rings (SSSR count). The Morgan fingerprint density at radius 3 is 2.48 bits per heavy atom. The van der Waals surface area contributed by atoms with Gasteiger partial charge >= 0.3 is 0 Å². The third kappa shape index (κ3) is 5.64. The predicted octanol–water partition coefficient (Wildman–Crippen LogP) is 5.68. The summed E-state index contributed by atoms with van der Waals surface area (Å²) in [5.41, 5.74) is 1.78. The normalized spacial score (nSPS) is 11.2. The van der Waals surface area contributed by atoms with Crippen molar-refractivity contribution in [2.75, 3.05) is 5.32 Å².